The summed E-state index contributed by atoms with van der Waals surface area (Å²) in [4.78, 5) is 38.2. The fourth-order valence-electron chi connectivity index (χ4n) is 9.20. The van der Waals surface area contributed by atoms with E-state index < -0.39 is 0 Å². The molecule has 4 nitrogen and oxygen atoms in total. The molecule has 1 unspecified atom stereocenters. The predicted molar refractivity (Wildman–Crippen MR) is 125 cm³/mol. The Labute approximate surface area is 194 Å². The highest BCUT2D eigenvalue weighted by molar-refractivity contribution is 5.88. The Hall–Kier alpha value is -1.19. The SMILES string of the molecule is CCOC(=O)CCC(C)[C@H]1CC[C@H]2[C@@H]3C(=O)[C@@H](CC)[C@@H]4CC(=O)CC[C@]4(C)[C@H]3CC[C@]12C. The van der Waals surface area contributed by atoms with Crippen molar-refractivity contribution >= 4 is 17.5 Å². The summed E-state index contributed by atoms with van der Waals surface area (Å²) in [5, 5.41) is 0. The summed E-state index contributed by atoms with van der Waals surface area (Å²) in [6.07, 6.45) is 9.20. The third-order valence-corrected chi connectivity index (χ3v) is 10.8. The molecule has 4 aliphatic rings. The Morgan fingerprint density at radius 1 is 1.03 bits per heavy atom. The van der Waals surface area contributed by atoms with Crippen molar-refractivity contribution in [3.05, 3.63) is 0 Å². The minimum Gasteiger partial charge on any atom is -0.466 e. The average Bonchev–Trinajstić information content (AvgIpc) is 3.11. The van der Waals surface area contributed by atoms with E-state index in [2.05, 4.69) is 27.7 Å². The van der Waals surface area contributed by atoms with Crippen molar-refractivity contribution in [1.29, 1.82) is 0 Å². The zero-order valence-corrected chi connectivity index (χ0v) is 21.0. The molecule has 9 atom stereocenters. The van der Waals surface area contributed by atoms with Gasteiger partial charge >= 0.3 is 5.97 Å². The van der Waals surface area contributed by atoms with Gasteiger partial charge in [0.25, 0.3) is 0 Å². The van der Waals surface area contributed by atoms with E-state index in [9.17, 15) is 14.4 Å². The van der Waals surface area contributed by atoms with E-state index in [4.69, 9.17) is 4.74 Å². The minimum atomic E-state index is -0.0817. The van der Waals surface area contributed by atoms with Crippen LogP contribution in [0.15, 0.2) is 0 Å². The molecule has 0 aromatic carbocycles. The van der Waals surface area contributed by atoms with Gasteiger partial charge in [-0.25, -0.2) is 0 Å². The van der Waals surface area contributed by atoms with Crippen molar-refractivity contribution in [2.24, 2.45) is 52.3 Å². The first-order chi connectivity index (χ1) is 15.2. The van der Waals surface area contributed by atoms with Crippen LogP contribution in [0, 0.1) is 52.3 Å². The van der Waals surface area contributed by atoms with Crippen LogP contribution in [0.5, 0.6) is 0 Å². The first-order valence-electron chi connectivity index (χ1n) is 13.4. The van der Waals surface area contributed by atoms with Crippen LogP contribution in [-0.4, -0.2) is 24.1 Å². The largest absolute Gasteiger partial charge is 0.466 e. The lowest BCUT2D eigenvalue weighted by Crippen LogP contribution is -2.60. The van der Waals surface area contributed by atoms with Gasteiger partial charge in [-0.1, -0.05) is 27.7 Å². The molecular formula is C28H44O4. The minimum absolute atomic E-state index is 0.0631. The zero-order chi connectivity index (χ0) is 23.3. The van der Waals surface area contributed by atoms with Gasteiger partial charge in [-0.2, -0.15) is 0 Å². The summed E-state index contributed by atoms with van der Waals surface area (Å²) in [5.74, 6) is 3.24. The van der Waals surface area contributed by atoms with Gasteiger partial charge in [0.15, 0.2) is 0 Å². The highest BCUT2D eigenvalue weighted by atomic mass is 16.5. The maximum atomic E-state index is 14.0. The number of fused-ring (bicyclic) bond motifs is 5. The number of rotatable bonds is 6. The van der Waals surface area contributed by atoms with E-state index in [0.717, 1.165) is 32.1 Å². The molecule has 4 fully saturated rings. The third-order valence-electron chi connectivity index (χ3n) is 10.8. The maximum Gasteiger partial charge on any atom is 0.305 e. The molecule has 4 heteroatoms. The summed E-state index contributed by atoms with van der Waals surface area (Å²) >= 11 is 0. The second-order valence-corrected chi connectivity index (χ2v) is 12.1. The molecule has 0 aromatic heterocycles. The quantitative estimate of drug-likeness (QED) is 0.471. The zero-order valence-electron chi connectivity index (χ0n) is 21.0. The Kier molecular flexibility index (Phi) is 6.64. The number of hydrogen-bond donors (Lipinski definition) is 0. The summed E-state index contributed by atoms with van der Waals surface area (Å²) in [5.41, 5.74) is 0.332. The van der Waals surface area contributed by atoms with Crippen molar-refractivity contribution in [2.75, 3.05) is 6.61 Å². The Bertz CT molecular complexity index is 759. The number of ketones is 2. The Morgan fingerprint density at radius 2 is 1.75 bits per heavy atom. The molecule has 0 saturated heterocycles. The van der Waals surface area contributed by atoms with Crippen LogP contribution in [0.25, 0.3) is 0 Å². The molecule has 180 valence electrons. The van der Waals surface area contributed by atoms with Crippen molar-refractivity contribution in [3.8, 4) is 0 Å². The maximum absolute atomic E-state index is 14.0. The lowest BCUT2D eigenvalue weighted by Gasteiger charge is -2.61. The predicted octanol–water partition coefficient (Wildman–Crippen LogP) is 6.01. The molecular weight excluding hydrogens is 400 g/mol. The number of carbonyl (C=O) groups is 3. The van der Waals surface area contributed by atoms with Crippen LogP contribution in [0.4, 0.5) is 0 Å². The molecule has 0 spiro atoms. The highest BCUT2D eigenvalue weighted by Gasteiger charge is 2.65. The molecule has 4 saturated carbocycles. The average molecular weight is 445 g/mol. The van der Waals surface area contributed by atoms with Crippen LogP contribution in [0.1, 0.15) is 98.8 Å². The highest BCUT2D eigenvalue weighted by Crippen LogP contribution is 2.68. The lowest BCUT2D eigenvalue weighted by molar-refractivity contribution is -0.169. The smallest absolute Gasteiger partial charge is 0.305 e. The van der Waals surface area contributed by atoms with Gasteiger partial charge in [0.05, 0.1) is 6.61 Å². The molecule has 4 aliphatic carbocycles. The van der Waals surface area contributed by atoms with E-state index in [1.165, 1.54) is 12.8 Å². The van der Waals surface area contributed by atoms with Gasteiger partial charge in [0.1, 0.15) is 11.6 Å². The molecule has 0 aliphatic heterocycles. The molecule has 4 rings (SSSR count). The Morgan fingerprint density at radius 3 is 2.44 bits per heavy atom. The first kappa shape index (κ1) is 24.0. The molecule has 32 heavy (non-hydrogen) atoms. The topological polar surface area (TPSA) is 60.4 Å². The lowest BCUT2D eigenvalue weighted by atomic mass is 9.42. The van der Waals surface area contributed by atoms with Crippen molar-refractivity contribution in [1.82, 2.24) is 0 Å². The van der Waals surface area contributed by atoms with E-state index >= 15 is 0 Å². The van der Waals surface area contributed by atoms with Gasteiger partial charge in [-0.15, -0.1) is 0 Å². The van der Waals surface area contributed by atoms with Crippen LogP contribution in [-0.2, 0) is 19.1 Å². The second kappa shape index (κ2) is 8.87. The number of Topliss-reactive ketones (excluding diaryl/α,β-unsaturated/α-hetero) is 2. The van der Waals surface area contributed by atoms with Crippen molar-refractivity contribution in [2.45, 2.75) is 98.8 Å². The van der Waals surface area contributed by atoms with E-state index in [-0.39, 0.29) is 34.6 Å². The summed E-state index contributed by atoms with van der Waals surface area (Å²) in [7, 11) is 0. The summed E-state index contributed by atoms with van der Waals surface area (Å²) in [6, 6.07) is 0. The fourth-order valence-corrected chi connectivity index (χ4v) is 9.20. The summed E-state index contributed by atoms with van der Waals surface area (Å²) < 4.78 is 5.16. The normalized spacial score (nSPS) is 44.4. The molecule has 0 bridgehead atoms. The number of esters is 1. The van der Waals surface area contributed by atoms with Gasteiger partial charge in [0, 0.05) is 31.1 Å². The van der Waals surface area contributed by atoms with Gasteiger partial charge in [-0.3, -0.25) is 14.4 Å². The second-order valence-electron chi connectivity index (χ2n) is 12.1. The molecule has 0 heterocycles. The molecule has 0 N–H and O–H groups in total. The van der Waals surface area contributed by atoms with Crippen molar-refractivity contribution < 1.29 is 19.1 Å². The number of carbonyl (C=O) groups excluding carboxylic acids is 3. The van der Waals surface area contributed by atoms with Crippen LogP contribution in [0.3, 0.4) is 0 Å². The monoisotopic (exact) mass is 444 g/mol. The van der Waals surface area contributed by atoms with Gasteiger partial charge < -0.3 is 4.74 Å². The van der Waals surface area contributed by atoms with Gasteiger partial charge in [-0.05, 0) is 92.3 Å². The molecule has 0 radical (unpaired) electrons. The fraction of sp³-hybridized carbons (Fsp3) is 0.893. The van der Waals surface area contributed by atoms with E-state index in [1.54, 1.807) is 0 Å². The standard InChI is InChI=1S/C28H44O4/c1-6-19-23-16-18(29)12-14-28(23,5)22-13-15-27(4)20(9-10-21(27)25(22)26(19)31)17(3)8-11-24(30)32-7-2/h17,19-23,25H,6-16H2,1-5H3/t17?,19-,20+,21-,22-,23-,25-,27+,28+/m0/s1. The third kappa shape index (κ3) is 3.68. The molecule has 0 aromatic rings. The van der Waals surface area contributed by atoms with E-state index in [0.29, 0.717) is 61.1 Å². The van der Waals surface area contributed by atoms with E-state index in [1.807, 2.05) is 6.92 Å². The number of ether oxygens (including phenoxy) is 1. The molecule has 0 amide bonds. The van der Waals surface area contributed by atoms with Crippen LogP contribution < -0.4 is 0 Å². The van der Waals surface area contributed by atoms with Crippen LogP contribution in [0.2, 0.25) is 0 Å². The first-order valence-corrected chi connectivity index (χ1v) is 13.4. The summed E-state index contributed by atoms with van der Waals surface area (Å²) in [6.45, 7) is 11.7. The van der Waals surface area contributed by atoms with Gasteiger partial charge in [0.2, 0.25) is 0 Å². The Balaban J connectivity index is 1.57. The van der Waals surface area contributed by atoms with Crippen molar-refractivity contribution in [3.63, 3.8) is 0 Å². The van der Waals surface area contributed by atoms with Crippen LogP contribution >= 0.6 is 0 Å². The number of hydrogen-bond acceptors (Lipinski definition) is 4.